The summed E-state index contributed by atoms with van der Waals surface area (Å²) in [5.74, 6) is 0.447. The molecule has 0 radical (unpaired) electrons. The number of rotatable bonds is 2. The van der Waals surface area contributed by atoms with E-state index in [2.05, 4.69) is 5.32 Å². The van der Waals surface area contributed by atoms with Gasteiger partial charge in [0.15, 0.2) is 0 Å². The van der Waals surface area contributed by atoms with Gasteiger partial charge >= 0.3 is 0 Å². The van der Waals surface area contributed by atoms with E-state index >= 15 is 0 Å². The number of halogens is 1. The maximum atomic E-state index is 11.5. The van der Waals surface area contributed by atoms with Gasteiger partial charge in [-0.3, -0.25) is 4.79 Å². The van der Waals surface area contributed by atoms with Crippen LogP contribution in [0.1, 0.15) is 43.7 Å². The maximum Gasteiger partial charge on any atom is 0.245 e. The Morgan fingerprint density at radius 2 is 2.00 bits per heavy atom. The van der Waals surface area contributed by atoms with Gasteiger partial charge in [-0.1, -0.05) is 18.0 Å². The van der Waals surface area contributed by atoms with Crippen molar-refractivity contribution in [3.05, 3.63) is 22.7 Å². The normalized spacial score (nSPS) is 23.1. The summed E-state index contributed by atoms with van der Waals surface area (Å²) in [5.41, 5.74) is 7.24. The molecule has 3 N–H and O–H groups in total. The lowest BCUT2D eigenvalue weighted by atomic mass is 9.98. The molecule has 5 heteroatoms. The van der Waals surface area contributed by atoms with Crippen LogP contribution in [0.15, 0.2) is 12.1 Å². The molecular weight excluding hydrogens is 264 g/mol. The topological polar surface area (TPSA) is 64.4 Å². The van der Waals surface area contributed by atoms with Gasteiger partial charge in [0, 0.05) is 17.3 Å². The summed E-state index contributed by atoms with van der Waals surface area (Å²) >= 11 is 6.22. The fourth-order valence-electron chi connectivity index (χ4n) is 2.74. The molecule has 3 rings (SSSR count). The number of hydrogen-bond acceptors (Lipinski definition) is 3. The zero-order valence-electron chi connectivity index (χ0n) is 10.6. The molecule has 1 aromatic carbocycles. The second-order valence-electron chi connectivity index (χ2n) is 5.21. The van der Waals surface area contributed by atoms with Gasteiger partial charge in [-0.2, -0.15) is 0 Å². The van der Waals surface area contributed by atoms with E-state index in [0.717, 1.165) is 18.4 Å². The first kappa shape index (κ1) is 12.8. The fourth-order valence-corrected chi connectivity index (χ4v) is 2.96. The molecule has 1 unspecified atom stereocenters. The monoisotopic (exact) mass is 280 g/mol. The Labute approximate surface area is 117 Å². The van der Waals surface area contributed by atoms with Gasteiger partial charge in [0.25, 0.3) is 0 Å². The van der Waals surface area contributed by atoms with Crippen molar-refractivity contribution in [1.82, 2.24) is 0 Å². The zero-order chi connectivity index (χ0) is 13.4. The quantitative estimate of drug-likeness (QED) is 0.875. The number of anilines is 1. The number of nitrogens with one attached hydrogen (secondary N) is 1. The lowest BCUT2D eigenvalue weighted by Gasteiger charge is -2.23. The molecule has 1 amide bonds. The van der Waals surface area contributed by atoms with Gasteiger partial charge in [0.1, 0.15) is 11.8 Å². The number of benzene rings is 1. The van der Waals surface area contributed by atoms with Crippen molar-refractivity contribution < 1.29 is 9.53 Å². The Kier molecular flexibility index (Phi) is 3.37. The number of hydrogen-bond donors (Lipinski definition) is 2. The van der Waals surface area contributed by atoms with Crippen molar-refractivity contribution in [1.29, 1.82) is 0 Å². The van der Waals surface area contributed by atoms with Crippen molar-refractivity contribution in [2.45, 2.75) is 44.2 Å². The number of amides is 1. The molecule has 2 aliphatic rings. The van der Waals surface area contributed by atoms with Crippen molar-refractivity contribution in [3.8, 4) is 5.75 Å². The first-order chi connectivity index (χ1) is 9.15. The largest absolute Gasteiger partial charge is 0.489 e. The average Bonchev–Trinajstić information content (AvgIpc) is 2.67. The molecule has 0 aromatic heterocycles. The molecule has 1 atom stereocenters. The second kappa shape index (κ2) is 5.02. The molecule has 102 valence electrons. The molecule has 0 bridgehead atoms. The van der Waals surface area contributed by atoms with E-state index in [1.54, 1.807) is 12.1 Å². The van der Waals surface area contributed by atoms with Gasteiger partial charge in [-0.25, -0.2) is 0 Å². The summed E-state index contributed by atoms with van der Waals surface area (Å²) in [6.45, 7) is 0. The lowest BCUT2D eigenvalue weighted by molar-refractivity contribution is -0.116. The van der Waals surface area contributed by atoms with Gasteiger partial charge in [0.2, 0.25) is 5.91 Å². The van der Waals surface area contributed by atoms with Crippen LogP contribution in [0.25, 0.3) is 0 Å². The Hall–Kier alpha value is -1.26. The summed E-state index contributed by atoms with van der Waals surface area (Å²) in [6.07, 6.45) is 6.06. The molecular formula is C14H17ClN2O2. The fraction of sp³-hybridized carbons (Fsp3) is 0.500. The minimum absolute atomic E-state index is 0.194. The van der Waals surface area contributed by atoms with Crippen LogP contribution in [0.4, 0.5) is 5.69 Å². The van der Waals surface area contributed by atoms with Gasteiger partial charge < -0.3 is 15.8 Å². The third-order valence-corrected chi connectivity index (χ3v) is 4.12. The molecule has 1 heterocycles. The number of nitrogens with two attached hydrogens (primary N) is 1. The second-order valence-corrected chi connectivity index (χ2v) is 5.62. The zero-order valence-corrected chi connectivity index (χ0v) is 11.4. The van der Waals surface area contributed by atoms with Gasteiger partial charge in [0.05, 0.1) is 11.1 Å². The first-order valence-electron chi connectivity index (χ1n) is 6.71. The highest BCUT2D eigenvalue weighted by atomic mass is 35.5. The van der Waals surface area contributed by atoms with Gasteiger partial charge in [-0.15, -0.1) is 0 Å². The van der Waals surface area contributed by atoms with Crippen LogP contribution in [0.5, 0.6) is 5.75 Å². The Morgan fingerprint density at radius 1 is 1.26 bits per heavy atom. The molecule has 1 aliphatic carbocycles. The van der Waals surface area contributed by atoms with Crippen LogP contribution in [0, 0.1) is 0 Å². The highest BCUT2D eigenvalue weighted by Crippen LogP contribution is 2.38. The van der Waals surface area contributed by atoms with Crippen LogP contribution < -0.4 is 15.8 Å². The van der Waals surface area contributed by atoms with Crippen LogP contribution in [-0.4, -0.2) is 12.0 Å². The SMILES string of the molecule is NC1C(=O)Nc2cc(OC3CCCCC3)c(Cl)cc21. The van der Waals surface area contributed by atoms with E-state index in [1.807, 2.05) is 0 Å². The molecule has 1 saturated carbocycles. The van der Waals surface area contributed by atoms with Crippen LogP contribution in [-0.2, 0) is 4.79 Å². The summed E-state index contributed by atoms with van der Waals surface area (Å²) in [4.78, 5) is 11.5. The molecule has 19 heavy (non-hydrogen) atoms. The standard InChI is InChI=1S/C14H17ClN2O2/c15-10-6-9-11(17-14(18)13(9)16)7-12(10)19-8-4-2-1-3-5-8/h6-8,13H,1-5,16H2,(H,17,18). The van der Waals surface area contributed by atoms with E-state index in [4.69, 9.17) is 22.1 Å². The van der Waals surface area contributed by atoms with Crippen LogP contribution >= 0.6 is 11.6 Å². The maximum absolute atomic E-state index is 11.5. The Bertz CT molecular complexity index is 512. The number of carbonyl (C=O) groups is 1. The molecule has 0 saturated heterocycles. The van der Waals surface area contributed by atoms with Crippen molar-refractivity contribution in [2.75, 3.05) is 5.32 Å². The molecule has 0 spiro atoms. The van der Waals surface area contributed by atoms with E-state index in [9.17, 15) is 4.79 Å². The lowest BCUT2D eigenvalue weighted by Crippen LogP contribution is -2.19. The van der Waals surface area contributed by atoms with Crippen molar-refractivity contribution in [2.24, 2.45) is 5.73 Å². The van der Waals surface area contributed by atoms with E-state index in [1.165, 1.54) is 19.3 Å². The highest BCUT2D eigenvalue weighted by Gasteiger charge is 2.29. The molecule has 1 aromatic rings. The Morgan fingerprint density at radius 3 is 2.74 bits per heavy atom. The summed E-state index contributed by atoms with van der Waals surface area (Å²) in [6, 6.07) is 2.89. The van der Waals surface area contributed by atoms with Crippen molar-refractivity contribution in [3.63, 3.8) is 0 Å². The van der Waals surface area contributed by atoms with Crippen molar-refractivity contribution >= 4 is 23.2 Å². The minimum Gasteiger partial charge on any atom is -0.489 e. The predicted molar refractivity (Wildman–Crippen MR) is 74.5 cm³/mol. The summed E-state index contributed by atoms with van der Waals surface area (Å²) < 4.78 is 5.96. The molecule has 1 aliphatic heterocycles. The predicted octanol–water partition coefficient (Wildman–Crippen LogP) is 3.00. The van der Waals surface area contributed by atoms with E-state index in [0.29, 0.717) is 16.5 Å². The Balaban J connectivity index is 1.83. The average molecular weight is 281 g/mol. The number of fused-ring (bicyclic) bond motifs is 1. The third-order valence-electron chi connectivity index (χ3n) is 3.83. The van der Waals surface area contributed by atoms with Crippen LogP contribution in [0.3, 0.4) is 0 Å². The minimum atomic E-state index is -0.628. The molecule has 4 nitrogen and oxygen atoms in total. The highest BCUT2D eigenvalue weighted by molar-refractivity contribution is 6.32. The third kappa shape index (κ3) is 2.42. The van der Waals surface area contributed by atoms with E-state index in [-0.39, 0.29) is 12.0 Å². The summed E-state index contributed by atoms with van der Waals surface area (Å²) in [5, 5.41) is 3.27. The van der Waals surface area contributed by atoms with E-state index < -0.39 is 6.04 Å². The molecule has 1 fully saturated rings. The van der Waals surface area contributed by atoms with Gasteiger partial charge in [-0.05, 0) is 31.7 Å². The number of carbonyl (C=O) groups excluding carboxylic acids is 1. The summed E-state index contributed by atoms with van der Waals surface area (Å²) in [7, 11) is 0. The smallest absolute Gasteiger partial charge is 0.245 e. The van der Waals surface area contributed by atoms with Crippen LogP contribution in [0.2, 0.25) is 5.02 Å². The number of ether oxygens (including phenoxy) is 1. The first-order valence-corrected chi connectivity index (χ1v) is 7.09.